The van der Waals surface area contributed by atoms with E-state index in [9.17, 15) is 0 Å². The Bertz CT molecular complexity index is 331. The summed E-state index contributed by atoms with van der Waals surface area (Å²) in [5.41, 5.74) is 1.10. The van der Waals surface area contributed by atoms with Crippen molar-refractivity contribution < 1.29 is 9.47 Å². The highest BCUT2D eigenvalue weighted by Crippen LogP contribution is 2.22. The lowest BCUT2D eigenvalue weighted by atomic mass is 10.2. The molecular formula is C13H20ClNO2. The summed E-state index contributed by atoms with van der Waals surface area (Å²) in [5.74, 6) is 0.851. The van der Waals surface area contributed by atoms with E-state index in [0.29, 0.717) is 11.6 Å². The Hall–Kier alpha value is -0.770. The van der Waals surface area contributed by atoms with Gasteiger partial charge in [0.2, 0.25) is 0 Å². The van der Waals surface area contributed by atoms with Gasteiger partial charge in [0.1, 0.15) is 12.4 Å². The van der Waals surface area contributed by atoms with Crippen molar-refractivity contribution in [1.29, 1.82) is 0 Å². The monoisotopic (exact) mass is 257 g/mol. The number of rotatable bonds is 8. The maximum Gasteiger partial charge on any atom is 0.123 e. The highest BCUT2D eigenvalue weighted by atomic mass is 35.5. The number of nitrogens with one attached hydrogen (secondary N) is 1. The quantitative estimate of drug-likeness (QED) is 0.727. The second kappa shape index (κ2) is 8.34. The van der Waals surface area contributed by atoms with Crippen molar-refractivity contribution >= 4 is 11.6 Å². The highest BCUT2D eigenvalue weighted by Gasteiger charge is 1.99. The molecule has 0 spiro atoms. The smallest absolute Gasteiger partial charge is 0.123 e. The minimum absolute atomic E-state index is 0.632. The van der Waals surface area contributed by atoms with Gasteiger partial charge in [-0.05, 0) is 31.5 Å². The van der Waals surface area contributed by atoms with Crippen molar-refractivity contribution in [2.45, 2.75) is 13.8 Å². The van der Waals surface area contributed by atoms with Crippen molar-refractivity contribution in [3.63, 3.8) is 0 Å². The second-order valence-electron chi connectivity index (χ2n) is 3.71. The predicted octanol–water partition coefficient (Wildman–Crippen LogP) is 2.65. The fourth-order valence-corrected chi connectivity index (χ4v) is 1.54. The number of halogens is 1. The first kappa shape index (κ1) is 14.3. The number of benzene rings is 1. The van der Waals surface area contributed by atoms with Crippen molar-refractivity contribution in [3.05, 3.63) is 28.8 Å². The first-order valence-electron chi connectivity index (χ1n) is 5.91. The Balaban J connectivity index is 2.15. The zero-order chi connectivity index (χ0) is 12.5. The number of aryl methyl sites for hydroxylation is 1. The van der Waals surface area contributed by atoms with E-state index in [4.69, 9.17) is 21.1 Å². The van der Waals surface area contributed by atoms with E-state index in [1.807, 2.05) is 32.0 Å². The third-order valence-corrected chi connectivity index (χ3v) is 2.55. The number of hydrogen-bond acceptors (Lipinski definition) is 3. The van der Waals surface area contributed by atoms with Gasteiger partial charge in [-0.25, -0.2) is 0 Å². The maximum absolute atomic E-state index is 5.90. The molecule has 0 radical (unpaired) electrons. The maximum atomic E-state index is 5.90. The SMILES string of the molecule is CCOCCNCCOc1cc(Cl)ccc1C. The minimum Gasteiger partial charge on any atom is -0.492 e. The summed E-state index contributed by atoms with van der Waals surface area (Å²) >= 11 is 5.90. The molecule has 0 amide bonds. The Labute approximate surface area is 108 Å². The first-order chi connectivity index (χ1) is 8.24. The van der Waals surface area contributed by atoms with E-state index in [0.717, 1.165) is 37.6 Å². The van der Waals surface area contributed by atoms with Gasteiger partial charge >= 0.3 is 0 Å². The molecule has 0 aliphatic carbocycles. The average Bonchev–Trinajstić information content (AvgIpc) is 2.32. The Kier molecular flexibility index (Phi) is 7.01. The summed E-state index contributed by atoms with van der Waals surface area (Å²) < 4.78 is 10.8. The van der Waals surface area contributed by atoms with Gasteiger partial charge in [-0.1, -0.05) is 17.7 Å². The topological polar surface area (TPSA) is 30.5 Å². The lowest BCUT2D eigenvalue weighted by Crippen LogP contribution is -2.25. The van der Waals surface area contributed by atoms with Gasteiger partial charge in [0.05, 0.1) is 6.61 Å². The lowest BCUT2D eigenvalue weighted by Gasteiger charge is -2.10. The van der Waals surface area contributed by atoms with Crippen LogP contribution in [0.4, 0.5) is 0 Å². The summed E-state index contributed by atoms with van der Waals surface area (Å²) in [5, 5.41) is 3.95. The van der Waals surface area contributed by atoms with E-state index in [2.05, 4.69) is 5.32 Å². The zero-order valence-corrected chi connectivity index (χ0v) is 11.2. The Morgan fingerprint density at radius 3 is 2.76 bits per heavy atom. The Morgan fingerprint density at radius 1 is 1.24 bits per heavy atom. The minimum atomic E-state index is 0.632. The van der Waals surface area contributed by atoms with Crippen LogP contribution in [-0.4, -0.2) is 32.9 Å². The molecule has 96 valence electrons. The van der Waals surface area contributed by atoms with Crippen LogP contribution in [0.3, 0.4) is 0 Å². The molecule has 0 aromatic heterocycles. The molecule has 4 heteroatoms. The molecule has 1 rings (SSSR count). The molecule has 17 heavy (non-hydrogen) atoms. The number of hydrogen-bond donors (Lipinski definition) is 1. The summed E-state index contributed by atoms with van der Waals surface area (Å²) in [6.45, 7) is 7.80. The van der Waals surface area contributed by atoms with Crippen molar-refractivity contribution in [2.24, 2.45) is 0 Å². The largest absolute Gasteiger partial charge is 0.492 e. The molecule has 0 aliphatic rings. The van der Waals surface area contributed by atoms with E-state index in [-0.39, 0.29) is 0 Å². The zero-order valence-electron chi connectivity index (χ0n) is 10.5. The molecule has 0 saturated heterocycles. The van der Waals surface area contributed by atoms with Crippen LogP contribution in [0.2, 0.25) is 5.02 Å². The lowest BCUT2D eigenvalue weighted by molar-refractivity contribution is 0.148. The fourth-order valence-electron chi connectivity index (χ4n) is 1.38. The van der Waals surface area contributed by atoms with Gasteiger partial charge in [0, 0.05) is 24.7 Å². The van der Waals surface area contributed by atoms with E-state index in [1.54, 1.807) is 0 Å². The van der Waals surface area contributed by atoms with Gasteiger partial charge in [0.25, 0.3) is 0 Å². The van der Waals surface area contributed by atoms with Crippen LogP contribution in [0.15, 0.2) is 18.2 Å². The Morgan fingerprint density at radius 2 is 2.00 bits per heavy atom. The molecule has 1 aromatic carbocycles. The molecule has 1 aromatic rings. The van der Waals surface area contributed by atoms with Gasteiger partial charge in [0.15, 0.2) is 0 Å². The van der Waals surface area contributed by atoms with Crippen LogP contribution >= 0.6 is 11.6 Å². The van der Waals surface area contributed by atoms with Crippen LogP contribution in [0, 0.1) is 6.92 Å². The molecule has 0 heterocycles. The highest BCUT2D eigenvalue weighted by molar-refractivity contribution is 6.30. The van der Waals surface area contributed by atoms with E-state index in [1.165, 1.54) is 0 Å². The summed E-state index contributed by atoms with van der Waals surface area (Å²) in [7, 11) is 0. The molecular weight excluding hydrogens is 238 g/mol. The van der Waals surface area contributed by atoms with Crippen LogP contribution < -0.4 is 10.1 Å². The van der Waals surface area contributed by atoms with Crippen molar-refractivity contribution in [3.8, 4) is 5.75 Å². The van der Waals surface area contributed by atoms with Crippen LogP contribution in [0.25, 0.3) is 0 Å². The van der Waals surface area contributed by atoms with Gasteiger partial charge in [-0.3, -0.25) is 0 Å². The van der Waals surface area contributed by atoms with Gasteiger partial charge in [-0.2, -0.15) is 0 Å². The fraction of sp³-hybridized carbons (Fsp3) is 0.538. The molecule has 0 atom stereocenters. The third-order valence-electron chi connectivity index (χ3n) is 2.31. The predicted molar refractivity (Wildman–Crippen MR) is 71.0 cm³/mol. The molecule has 0 saturated carbocycles. The molecule has 0 fully saturated rings. The summed E-state index contributed by atoms with van der Waals surface area (Å²) in [6.07, 6.45) is 0. The van der Waals surface area contributed by atoms with Crippen LogP contribution in [-0.2, 0) is 4.74 Å². The third kappa shape index (κ3) is 5.91. The van der Waals surface area contributed by atoms with Crippen molar-refractivity contribution in [2.75, 3.05) is 32.9 Å². The standard InChI is InChI=1S/C13H20ClNO2/c1-3-16-8-6-15-7-9-17-13-10-12(14)5-4-11(13)2/h4-5,10,15H,3,6-9H2,1-2H3. The van der Waals surface area contributed by atoms with Crippen LogP contribution in [0.1, 0.15) is 12.5 Å². The van der Waals surface area contributed by atoms with Crippen molar-refractivity contribution in [1.82, 2.24) is 5.32 Å². The molecule has 3 nitrogen and oxygen atoms in total. The average molecular weight is 258 g/mol. The molecule has 1 N–H and O–H groups in total. The second-order valence-corrected chi connectivity index (χ2v) is 4.14. The summed E-state index contributed by atoms with van der Waals surface area (Å²) in [4.78, 5) is 0. The first-order valence-corrected chi connectivity index (χ1v) is 6.29. The number of ether oxygens (including phenoxy) is 2. The van der Waals surface area contributed by atoms with E-state index >= 15 is 0 Å². The van der Waals surface area contributed by atoms with E-state index < -0.39 is 0 Å². The molecule has 0 unspecified atom stereocenters. The molecule has 0 aliphatic heterocycles. The normalized spacial score (nSPS) is 10.5. The van der Waals surface area contributed by atoms with Crippen LogP contribution in [0.5, 0.6) is 5.75 Å². The summed E-state index contributed by atoms with van der Waals surface area (Å²) in [6, 6.07) is 5.67. The van der Waals surface area contributed by atoms with Gasteiger partial charge < -0.3 is 14.8 Å². The van der Waals surface area contributed by atoms with Gasteiger partial charge in [-0.15, -0.1) is 0 Å². The molecule has 0 bridgehead atoms.